The number of rotatable bonds is 4. The summed E-state index contributed by atoms with van der Waals surface area (Å²) in [6, 6.07) is 15.8. The van der Waals surface area contributed by atoms with Crippen LogP contribution >= 0.6 is 11.8 Å². The molecule has 1 aliphatic carbocycles. The summed E-state index contributed by atoms with van der Waals surface area (Å²) >= 11 is 1.42. The van der Waals surface area contributed by atoms with Crippen molar-refractivity contribution in [3.05, 3.63) is 66.0 Å². The highest BCUT2D eigenvalue weighted by Crippen LogP contribution is 2.40. The normalized spacial score (nSPS) is 23.6. The maximum Gasteiger partial charge on any atom is 0.234 e. The van der Waals surface area contributed by atoms with Gasteiger partial charge < -0.3 is 5.32 Å². The molecule has 150 valence electrons. The number of nitrogens with one attached hydrogen (secondary N) is 1. The van der Waals surface area contributed by atoms with Crippen molar-refractivity contribution in [3.63, 3.8) is 0 Å². The highest BCUT2D eigenvalue weighted by molar-refractivity contribution is 8.16. The van der Waals surface area contributed by atoms with Crippen molar-refractivity contribution >= 4 is 34.1 Å². The van der Waals surface area contributed by atoms with Crippen molar-refractivity contribution < 1.29 is 9.18 Å². The number of aliphatic imine (C=N–C) groups is 2. The number of amides is 1. The van der Waals surface area contributed by atoms with Gasteiger partial charge in [0.05, 0.1) is 11.5 Å². The molecule has 29 heavy (non-hydrogen) atoms. The molecule has 2 aliphatic rings. The Kier molecular flexibility index (Phi) is 5.81. The summed E-state index contributed by atoms with van der Waals surface area (Å²) in [6.07, 6.45) is 4.16. The lowest BCUT2D eigenvalue weighted by Gasteiger charge is -2.30. The zero-order valence-electron chi connectivity index (χ0n) is 16.4. The van der Waals surface area contributed by atoms with E-state index in [2.05, 4.69) is 12.2 Å². The van der Waals surface area contributed by atoms with Gasteiger partial charge in [0.1, 0.15) is 10.9 Å². The second-order valence-corrected chi connectivity index (χ2v) is 8.72. The fourth-order valence-corrected chi connectivity index (χ4v) is 4.59. The van der Waals surface area contributed by atoms with E-state index in [1.54, 1.807) is 12.1 Å². The van der Waals surface area contributed by atoms with Crippen molar-refractivity contribution in [2.24, 2.45) is 15.9 Å². The average molecular weight is 410 g/mol. The minimum Gasteiger partial charge on any atom is -0.325 e. The Balaban J connectivity index is 1.48. The maximum atomic E-state index is 13.0. The van der Waals surface area contributed by atoms with Gasteiger partial charge in [-0.1, -0.05) is 49.0 Å². The van der Waals surface area contributed by atoms with Crippen LogP contribution in [0.15, 0.2) is 64.6 Å². The van der Waals surface area contributed by atoms with Gasteiger partial charge in [0, 0.05) is 11.3 Å². The van der Waals surface area contributed by atoms with Crippen LogP contribution in [0.5, 0.6) is 0 Å². The Morgan fingerprint density at radius 3 is 2.48 bits per heavy atom. The lowest BCUT2D eigenvalue weighted by atomic mass is 9.83. The number of anilines is 1. The SMILES string of the molecule is CC1CCC2(CC1)N=C(SCC(=O)Nc1ccc(F)cc1)C(c1ccccc1)=N2. The topological polar surface area (TPSA) is 53.8 Å². The summed E-state index contributed by atoms with van der Waals surface area (Å²) in [5, 5.41) is 3.64. The first-order valence-corrected chi connectivity index (χ1v) is 11.0. The van der Waals surface area contributed by atoms with Gasteiger partial charge in [-0.3, -0.25) is 9.79 Å². The lowest BCUT2D eigenvalue weighted by Crippen LogP contribution is -2.28. The van der Waals surface area contributed by atoms with Crippen molar-refractivity contribution in [2.75, 3.05) is 11.1 Å². The average Bonchev–Trinajstić information content (AvgIpc) is 3.10. The summed E-state index contributed by atoms with van der Waals surface area (Å²) in [5.41, 5.74) is 2.14. The monoisotopic (exact) mass is 409 g/mol. The minimum atomic E-state index is -0.368. The van der Waals surface area contributed by atoms with Crippen LogP contribution in [0.1, 0.15) is 38.2 Å². The van der Waals surface area contributed by atoms with E-state index in [9.17, 15) is 9.18 Å². The molecule has 0 unspecified atom stereocenters. The van der Waals surface area contributed by atoms with Crippen LogP contribution in [-0.2, 0) is 4.79 Å². The van der Waals surface area contributed by atoms with Crippen molar-refractivity contribution in [1.29, 1.82) is 0 Å². The van der Waals surface area contributed by atoms with Crippen molar-refractivity contribution in [2.45, 2.75) is 38.3 Å². The number of thioether (sulfide) groups is 1. The minimum absolute atomic E-state index is 0.144. The van der Waals surface area contributed by atoms with Gasteiger partial charge in [-0.25, -0.2) is 9.38 Å². The molecule has 1 spiro atoms. The number of hydrogen-bond donors (Lipinski definition) is 1. The molecule has 6 heteroatoms. The first kappa shape index (κ1) is 19.8. The van der Waals surface area contributed by atoms with Crippen molar-refractivity contribution in [1.82, 2.24) is 0 Å². The highest BCUT2D eigenvalue weighted by Gasteiger charge is 2.39. The van der Waals surface area contributed by atoms with E-state index in [1.165, 1.54) is 23.9 Å². The van der Waals surface area contributed by atoms with E-state index in [-0.39, 0.29) is 23.1 Å². The molecule has 1 saturated carbocycles. The summed E-state index contributed by atoms with van der Waals surface area (Å²) in [5.74, 6) is 0.474. The first-order chi connectivity index (χ1) is 14.0. The summed E-state index contributed by atoms with van der Waals surface area (Å²) < 4.78 is 13.0. The number of benzene rings is 2. The van der Waals surface area contributed by atoms with Gasteiger partial charge in [0.2, 0.25) is 5.91 Å². The molecule has 1 amide bonds. The molecule has 4 nitrogen and oxygen atoms in total. The third-order valence-corrected chi connectivity index (χ3v) is 6.39. The molecular weight excluding hydrogens is 385 g/mol. The molecule has 0 aromatic heterocycles. The third kappa shape index (κ3) is 4.75. The first-order valence-electron chi connectivity index (χ1n) is 9.97. The largest absolute Gasteiger partial charge is 0.325 e. The van der Waals surface area contributed by atoms with Gasteiger partial charge in [0.25, 0.3) is 0 Å². The zero-order chi connectivity index (χ0) is 20.3. The Labute approximate surface area is 174 Å². The molecule has 1 heterocycles. The Morgan fingerprint density at radius 2 is 1.79 bits per heavy atom. The Bertz CT molecular complexity index is 932. The van der Waals surface area contributed by atoms with E-state index in [4.69, 9.17) is 9.98 Å². The van der Waals surface area contributed by atoms with E-state index in [1.807, 2.05) is 30.3 Å². The fourth-order valence-electron chi connectivity index (χ4n) is 3.72. The maximum absolute atomic E-state index is 13.0. The fraction of sp³-hybridized carbons (Fsp3) is 0.348. The smallest absolute Gasteiger partial charge is 0.234 e. The van der Waals surface area contributed by atoms with Crippen LogP contribution in [0.3, 0.4) is 0 Å². The van der Waals surface area contributed by atoms with Crippen LogP contribution < -0.4 is 5.32 Å². The van der Waals surface area contributed by atoms with Gasteiger partial charge in [-0.05, 0) is 55.9 Å². The molecule has 4 rings (SSSR count). The van der Waals surface area contributed by atoms with E-state index in [0.29, 0.717) is 11.6 Å². The van der Waals surface area contributed by atoms with Crippen molar-refractivity contribution in [3.8, 4) is 0 Å². The standard InChI is InChI=1S/C23H24FN3OS/c1-16-11-13-23(14-12-16)26-21(17-5-3-2-4-6-17)22(27-23)29-15-20(28)25-19-9-7-18(24)8-10-19/h2-10,16H,11-15H2,1H3,(H,25,28). The highest BCUT2D eigenvalue weighted by atomic mass is 32.2. The van der Waals surface area contributed by atoms with Crippen LogP contribution in [0.2, 0.25) is 0 Å². The van der Waals surface area contributed by atoms with E-state index < -0.39 is 0 Å². The predicted molar refractivity (Wildman–Crippen MR) is 118 cm³/mol. The molecule has 0 bridgehead atoms. The van der Waals surface area contributed by atoms with Crippen LogP contribution in [-0.4, -0.2) is 28.1 Å². The van der Waals surface area contributed by atoms with E-state index in [0.717, 1.165) is 42.0 Å². The van der Waals surface area contributed by atoms with Crippen LogP contribution in [0.25, 0.3) is 0 Å². The van der Waals surface area contributed by atoms with Gasteiger partial charge in [-0.15, -0.1) is 0 Å². The summed E-state index contributed by atoms with van der Waals surface area (Å²) in [6.45, 7) is 2.28. The Morgan fingerprint density at radius 1 is 1.10 bits per heavy atom. The van der Waals surface area contributed by atoms with Gasteiger partial charge in [0.15, 0.2) is 5.66 Å². The number of nitrogens with zero attached hydrogens (tertiary/aromatic N) is 2. The van der Waals surface area contributed by atoms with Gasteiger partial charge in [-0.2, -0.15) is 0 Å². The van der Waals surface area contributed by atoms with E-state index >= 15 is 0 Å². The molecule has 1 fully saturated rings. The molecule has 0 radical (unpaired) electrons. The van der Waals surface area contributed by atoms with Gasteiger partial charge >= 0.3 is 0 Å². The molecule has 2 aromatic rings. The number of halogens is 1. The second-order valence-electron chi connectivity index (χ2n) is 7.75. The third-order valence-electron chi connectivity index (χ3n) is 5.42. The quantitative estimate of drug-likeness (QED) is 0.744. The number of carbonyl (C=O) groups excluding carboxylic acids is 1. The lowest BCUT2D eigenvalue weighted by molar-refractivity contribution is -0.113. The molecule has 0 atom stereocenters. The molecule has 0 saturated heterocycles. The molecule has 1 N–H and O–H groups in total. The molecular formula is C23H24FN3OS. The molecule has 2 aromatic carbocycles. The number of hydrogen-bond acceptors (Lipinski definition) is 4. The predicted octanol–water partition coefficient (Wildman–Crippen LogP) is 5.31. The summed E-state index contributed by atoms with van der Waals surface area (Å²) in [7, 11) is 0. The summed E-state index contributed by atoms with van der Waals surface area (Å²) in [4.78, 5) is 22.5. The zero-order valence-corrected chi connectivity index (χ0v) is 17.2. The van der Waals surface area contributed by atoms with Crippen LogP contribution in [0, 0.1) is 11.7 Å². The van der Waals surface area contributed by atoms with Crippen LogP contribution in [0.4, 0.5) is 10.1 Å². The Hall–Kier alpha value is -2.47. The second kappa shape index (κ2) is 8.49. The molecule has 1 aliphatic heterocycles. The number of carbonyl (C=O) groups is 1.